The van der Waals surface area contributed by atoms with Crippen molar-refractivity contribution in [1.82, 2.24) is 20.3 Å². The van der Waals surface area contributed by atoms with Crippen molar-refractivity contribution in [3.8, 4) is 0 Å². The van der Waals surface area contributed by atoms with E-state index < -0.39 is 5.82 Å². The fourth-order valence-corrected chi connectivity index (χ4v) is 1.77. The van der Waals surface area contributed by atoms with Gasteiger partial charge in [0.2, 0.25) is 11.8 Å². The van der Waals surface area contributed by atoms with Gasteiger partial charge in [-0.05, 0) is 18.2 Å². The first-order valence-corrected chi connectivity index (χ1v) is 6.80. The van der Waals surface area contributed by atoms with Crippen LogP contribution in [0.3, 0.4) is 0 Å². The van der Waals surface area contributed by atoms with Crippen molar-refractivity contribution in [2.75, 3.05) is 11.9 Å². The van der Waals surface area contributed by atoms with Crippen LogP contribution in [-0.4, -0.2) is 33.4 Å². The Balaban J connectivity index is 1.64. The summed E-state index contributed by atoms with van der Waals surface area (Å²) in [5.74, 6) is -0.991. The third-order valence-corrected chi connectivity index (χ3v) is 2.82. The predicted molar refractivity (Wildman–Crippen MR) is 77.3 cm³/mol. The van der Waals surface area contributed by atoms with Gasteiger partial charge in [-0.1, -0.05) is 11.3 Å². The molecule has 22 heavy (non-hydrogen) atoms. The molecule has 0 unspecified atom stereocenters. The van der Waals surface area contributed by atoms with Crippen molar-refractivity contribution in [2.24, 2.45) is 0 Å². The topological polar surface area (TPSA) is 88.9 Å². The third-order valence-electron chi connectivity index (χ3n) is 2.82. The number of nitrogens with zero attached hydrogens (tertiary/aromatic N) is 3. The maximum Gasteiger partial charge on any atom is 0.224 e. The van der Waals surface area contributed by atoms with Gasteiger partial charge in [0.25, 0.3) is 0 Å². The molecular weight excluding hydrogens is 289 g/mol. The highest BCUT2D eigenvalue weighted by Gasteiger charge is 2.07. The van der Waals surface area contributed by atoms with Crippen LogP contribution >= 0.6 is 0 Å². The first-order chi connectivity index (χ1) is 10.6. The van der Waals surface area contributed by atoms with Crippen LogP contribution < -0.4 is 10.6 Å². The molecule has 0 bridgehead atoms. The van der Waals surface area contributed by atoms with Gasteiger partial charge in [-0.3, -0.25) is 14.3 Å². The number of amides is 2. The fourth-order valence-electron chi connectivity index (χ4n) is 1.77. The van der Waals surface area contributed by atoms with Crippen LogP contribution in [-0.2, 0) is 16.1 Å². The Bertz CT molecular complexity index is 630. The van der Waals surface area contributed by atoms with Gasteiger partial charge >= 0.3 is 0 Å². The van der Waals surface area contributed by atoms with E-state index in [9.17, 15) is 14.0 Å². The van der Waals surface area contributed by atoms with Crippen LogP contribution in [0.4, 0.5) is 10.1 Å². The lowest BCUT2D eigenvalue weighted by Gasteiger charge is -2.06. The fraction of sp³-hybridized carbons (Fsp3) is 0.286. The number of anilines is 1. The second-order valence-electron chi connectivity index (χ2n) is 4.57. The van der Waals surface area contributed by atoms with Crippen LogP contribution in [0.25, 0.3) is 0 Å². The molecule has 1 aromatic carbocycles. The average molecular weight is 305 g/mol. The molecule has 8 heteroatoms. The van der Waals surface area contributed by atoms with Crippen molar-refractivity contribution in [3.63, 3.8) is 0 Å². The number of hydrogen-bond donors (Lipinski definition) is 2. The maximum absolute atomic E-state index is 13.0. The van der Waals surface area contributed by atoms with Crippen molar-refractivity contribution < 1.29 is 14.0 Å². The predicted octanol–water partition coefficient (Wildman–Crippen LogP) is 0.952. The molecular formula is C14H16FN5O2. The average Bonchev–Trinajstić information content (AvgIpc) is 2.98. The molecule has 0 aliphatic carbocycles. The van der Waals surface area contributed by atoms with E-state index in [0.717, 1.165) is 0 Å². The zero-order valence-electron chi connectivity index (χ0n) is 11.8. The highest BCUT2D eigenvalue weighted by atomic mass is 19.1. The molecule has 0 fully saturated rings. The van der Waals surface area contributed by atoms with Crippen LogP contribution in [0.5, 0.6) is 0 Å². The van der Waals surface area contributed by atoms with Gasteiger partial charge in [0, 0.05) is 31.3 Å². The lowest BCUT2D eigenvalue weighted by Crippen LogP contribution is -2.28. The van der Waals surface area contributed by atoms with Gasteiger partial charge in [-0.2, -0.15) is 0 Å². The van der Waals surface area contributed by atoms with Gasteiger partial charge in [-0.15, -0.1) is 5.10 Å². The van der Waals surface area contributed by atoms with Crippen LogP contribution in [0, 0.1) is 5.82 Å². The third kappa shape index (κ3) is 5.31. The summed E-state index contributed by atoms with van der Waals surface area (Å²) in [6.45, 7) is 0.926. The molecule has 2 N–H and O–H groups in total. The second kappa shape index (κ2) is 7.87. The van der Waals surface area contributed by atoms with E-state index in [-0.39, 0.29) is 24.7 Å². The summed E-state index contributed by atoms with van der Waals surface area (Å²) in [6.07, 6.45) is 3.35. The Kier molecular flexibility index (Phi) is 5.58. The molecule has 0 spiro atoms. The highest BCUT2D eigenvalue weighted by Crippen LogP contribution is 2.09. The lowest BCUT2D eigenvalue weighted by atomic mass is 10.2. The smallest absolute Gasteiger partial charge is 0.224 e. The van der Waals surface area contributed by atoms with E-state index in [1.54, 1.807) is 23.1 Å². The Morgan fingerprint density at radius 2 is 2.05 bits per heavy atom. The molecule has 0 saturated carbocycles. The van der Waals surface area contributed by atoms with Gasteiger partial charge in [0.15, 0.2) is 0 Å². The van der Waals surface area contributed by atoms with Crippen LogP contribution in [0.15, 0.2) is 36.7 Å². The van der Waals surface area contributed by atoms with E-state index >= 15 is 0 Å². The summed E-state index contributed by atoms with van der Waals surface area (Å²) in [5, 5.41) is 12.6. The van der Waals surface area contributed by atoms with Gasteiger partial charge in [-0.25, -0.2) is 4.39 Å². The number of rotatable bonds is 7. The number of hydrogen-bond acceptors (Lipinski definition) is 4. The molecule has 2 aromatic rings. The Morgan fingerprint density at radius 1 is 1.23 bits per heavy atom. The monoisotopic (exact) mass is 305 g/mol. The van der Waals surface area contributed by atoms with Crippen LogP contribution in [0.1, 0.15) is 12.8 Å². The number of carbonyl (C=O) groups excluding carboxylic acids is 2. The Hall–Kier alpha value is -2.77. The van der Waals surface area contributed by atoms with Crippen molar-refractivity contribution in [3.05, 3.63) is 42.5 Å². The van der Waals surface area contributed by atoms with Crippen LogP contribution in [0.2, 0.25) is 0 Å². The van der Waals surface area contributed by atoms with E-state index in [1.807, 2.05) is 0 Å². The first kappa shape index (κ1) is 15.6. The molecule has 0 aliphatic heterocycles. The minimum Gasteiger partial charge on any atom is -0.354 e. The Labute approximate surface area is 126 Å². The summed E-state index contributed by atoms with van der Waals surface area (Å²) in [6, 6.07) is 5.59. The SMILES string of the molecule is O=C(CCC(=O)Nc1cccc(F)c1)NCCn1ccnn1. The largest absolute Gasteiger partial charge is 0.354 e. The number of benzene rings is 1. The molecule has 0 aliphatic rings. The quantitative estimate of drug-likeness (QED) is 0.797. The number of nitrogens with one attached hydrogen (secondary N) is 2. The molecule has 7 nitrogen and oxygen atoms in total. The summed E-state index contributed by atoms with van der Waals surface area (Å²) >= 11 is 0. The zero-order chi connectivity index (χ0) is 15.8. The van der Waals surface area contributed by atoms with Gasteiger partial charge < -0.3 is 10.6 Å². The standard InChI is InChI=1S/C14H16FN5O2/c15-11-2-1-3-12(10-11)18-14(22)5-4-13(21)16-6-8-20-9-7-17-19-20/h1-3,7,9-10H,4-6,8H2,(H,16,21)(H,18,22). The minimum atomic E-state index is -0.427. The maximum atomic E-state index is 13.0. The van der Waals surface area contributed by atoms with Gasteiger partial charge in [0.05, 0.1) is 12.7 Å². The van der Waals surface area contributed by atoms with E-state index in [0.29, 0.717) is 18.8 Å². The number of aromatic nitrogens is 3. The van der Waals surface area contributed by atoms with Crippen molar-refractivity contribution >= 4 is 17.5 Å². The minimum absolute atomic E-state index is 0.0334. The van der Waals surface area contributed by atoms with E-state index in [2.05, 4.69) is 20.9 Å². The van der Waals surface area contributed by atoms with Crippen molar-refractivity contribution in [1.29, 1.82) is 0 Å². The molecule has 0 saturated heterocycles. The molecule has 116 valence electrons. The number of halogens is 1. The molecule has 2 amide bonds. The second-order valence-corrected chi connectivity index (χ2v) is 4.57. The Morgan fingerprint density at radius 3 is 2.77 bits per heavy atom. The molecule has 0 radical (unpaired) electrons. The molecule has 2 rings (SSSR count). The normalized spacial score (nSPS) is 10.2. The lowest BCUT2D eigenvalue weighted by molar-refractivity contribution is -0.124. The zero-order valence-corrected chi connectivity index (χ0v) is 11.8. The van der Waals surface area contributed by atoms with Crippen molar-refractivity contribution in [2.45, 2.75) is 19.4 Å². The summed E-state index contributed by atoms with van der Waals surface area (Å²) in [4.78, 5) is 23.2. The summed E-state index contributed by atoms with van der Waals surface area (Å²) in [7, 11) is 0. The summed E-state index contributed by atoms with van der Waals surface area (Å²) < 4.78 is 14.6. The first-order valence-electron chi connectivity index (χ1n) is 6.80. The molecule has 1 heterocycles. The number of carbonyl (C=O) groups is 2. The van der Waals surface area contributed by atoms with E-state index in [4.69, 9.17) is 0 Å². The summed E-state index contributed by atoms with van der Waals surface area (Å²) in [5.41, 5.74) is 0.372. The van der Waals surface area contributed by atoms with Gasteiger partial charge in [0.1, 0.15) is 5.82 Å². The highest BCUT2D eigenvalue weighted by molar-refractivity contribution is 5.93. The molecule has 0 atom stereocenters. The van der Waals surface area contributed by atoms with E-state index in [1.165, 1.54) is 18.2 Å². The molecule has 1 aromatic heterocycles.